The fraction of sp³-hybridized carbons (Fsp3) is 0.0625. The summed E-state index contributed by atoms with van der Waals surface area (Å²) in [5, 5.41) is 0.850. The van der Waals surface area contributed by atoms with Gasteiger partial charge in [-0.1, -0.05) is 42.5 Å². The van der Waals surface area contributed by atoms with E-state index < -0.39 is 0 Å². The van der Waals surface area contributed by atoms with Gasteiger partial charge in [-0.25, -0.2) is 9.37 Å². The van der Waals surface area contributed by atoms with Gasteiger partial charge in [0.05, 0.1) is 10.6 Å². The lowest BCUT2D eigenvalue weighted by Gasteiger charge is -2.02. The molecule has 3 rings (SSSR count). The van der Waals surface area contributed by atoms with Crippen molar-refractivity contribution in [3.05, 3.63) is 65.4 Å². The van der Waals surface area contributed by atoms with Crippen LogP contribution in [-0.4, -0.2) is 4.98 Å². The molecule has 1 heterocycles. The van der Waals surface area contributed by atoms with E-state index >= 15 is 0 Å². The van der Waals surface area contributed by atoms with Crippen molar-refractivity contribution in [3.8, 4) is 21.7 Å². The summed E-state index contributed by atoms with van der Waals surface area (Å²) in [5.41, 5.74) is 8.34. The van der Waals surface area contributed by atoms with Crippen LogP contribution >= 0.6 is 11.3 Å². The normalized spacial score (nSPS) is 10.7. The van der Waals surface area contributed by atoms with Crippen LogP contribution in [0.1, 0.15) is 5.01 Å². The van der Waals surface area contributed by atoms with Crippen LogP contribution in [0.2, 0.25) is 0 Å². The summed E-state index contributed by atoms with van der Waals surface area (Å²) < 4.78 is 13.4. The molecule has 1 aromatic heterocycles. The quantitative estimate of drug-likeness (QED) is 0.787. The van der Waals surface area contributed by atoms with E-state index in [0.29, 0.717) is 6.54 Å². The Bertz CT molecular complexity index is 722. The van der Waals surface area contributed by atoms with Gasteiger partial charge in [0.15, 0.2) is 0 Å². The lowest BCUT2D eigenvalue weighted by molar-refractivity contribution is 0.628. The van der Waals surface area contributed by atoms with E-state index in [1.807, 2.05) is 36.4 Å². The molecule has 0 unspecified atom stereocenters. The molecule has 0 aliphatic heterocycles. The lowest BCUT2D eigenvalue weighted by Crippen LogP contribution is -1.94. The van der Waals surface area contributed by atoms with Crippen molar-refractivity contribution in [2.24, 2.45) is 5.73 Å². The summed E-state index contributed by atoms with van der Waals surface area (Å²) in [6, 6.07) is 16.5. The Morgan fingerprint density at radius 3 is 2.45 bits per heavy atom. The highest BCUT2D eigenvalue weighted by Crippen LogP contribution is 2.36. The molecule has 100 valence electrons. The Hall–Kier alpha value is -2.04. The molecule has 0 bridgehead atoms. The highest BCUT2D eigenvalue weighted by Gasteiger charge is 2.14. The average Bonchev–Trinajstić information content (AvgIpc) is 2.92. The molecule has 2 aromatic carbocycles. The third kappa shape index (κ3) is 2.48. The van der Waals surface area contributed by atoms with Gasteiger partial charge >= 0.3 is 0 Å². The third-order valence-corrected chi connectivity index (χ3v) is 4.11. The van der Waals surface area contributed by atoms with E-state index in [-0.39, 0.29) is 5.82 Å². The van der Waals surface area contributed by atoms with Crippen molar-refractivity contribution in [2.75, 3.05) is 0 Å². The smallest absolute Gasteiger partial charge is 0.123 e. The Morgan fingerprint density at radius 1 is 1.00 bits per heavy atom. The van der Waals surface area contributed by atoms with Crippen LogP contribution in [0, 0.1) is 5.82 Å². The van der Waals surface area contributed by atoms with Gasteiger partial charge in [-0.15, -0.1) is 11.3 Å². The van der Waals surface area contributed by atoms with Gasteiger partial charge in [-0.3, -0.25) is 0 Å². The van der Waals surface area contributed by atoms with Crippen molar-refractivity contribution in [2.45, 2.75) is 6.54 Å². The Kier molecular flexibility index (Phi) is 3.58. The minimum Gasteiger partial charge on any atom is -0.325 e. The third-order valence-electron chi connectivity index (χ3n) is 2.98. The van der Waals surface area contributed by atoms with E-state index in [1.165, 1.54) is 12.1 Å². The van der Waals surface area contributed by atoms with Crippen molar-refractivity contribution in [1.82, 2.24) is 4.98 Å². The van der Waals surface area contributed by atoms with E-state index in [4.69, 9.17) is 5.73 Å². The number of aromatic nitrogens is 1. The number of nitrogens with two attached hydrogens (primary N) is 1. The minimum absolute atomic E-state index is 0.260. The highest BCUT2D eigenvalue weighted by molar-refractivity contribution is 7.15. The molecule has 0 spiro atoms. The summed E-state index contributed by atoms with van der Waals surface area (Å²) in [5.74, 6) is -0.260. The predicted octanol–water partition coefficient (Wildman–Crippen LogP) is 4.07. The number of rotatable bonds is 3. The molecule has 2 N–H and O–H groups in total. The summed E-state index contributed by atoms with van der Waals surface area (Å²) >= 11 is 1.55. The van der Waals surface area contributed by atoms with Gasteiger partial charge in [0.25, 0.3) is 0 Å². The largest absolute Gasteiger partial charge is 0.325 e. The van der Waals surface area contributed by atoms with Gasteiger partial charge in [0.2, 0.25) is 0 Å². The van der Waals surface area contributed by atoms with Crippen molar-refractivity contribution in [1.29, 1.82) is 0 Å². The molecule has 0 aliphatic carbocycles. The highest BCUT2D eigenvalue weighted by atomic mass is 32.1. The molecule has 0 saturated heterocycles. The Morgan fingerprint density at radius 2 is 1.75 bits per heavy atom. The second-order valence-corrected chi connectivity index (χ2v) is 5.45. The SMILES string of the molecule is NCc1nc(-c2cccc(F)c2)c(-c2ccccc2)s1. The van der Waals surface area contributed by atoms with Crippen LogP contribution in [0.25, 0.3) is 21.7 Å². The molecule has 0 atom stereocenters. The molecule has 0 saturated carbocycles. The van der Waals surface area contributed by atoms with E-state index in [0.717, 1.165) is 26.7 Å². The summed E-state index contributed by atoms with van der Waals surface area (Å²) in [4.78, 5) is 5.57. The van der Waals surface area contributed by atoms with Crippen molar-refractivity contribution in [3.63, 3.8) is 0 Å². The van der Waals surface area contributed by atoms with E-state index in [9.17, 15) is 4.39 Å². The molecular formula is C16H13FN2S. The number of thiazole rings is 1. The van der Waals surface area contributed by atoms with Crippen LogP contribution in [0.5, 0.6) is 0 Å². The Balaban J connectivity index is 2.18. The maximum atomic E-state index is 13.4. The monoisotopic (exact) mass is 284 g/mol. The van der Waals surface area contributed by atoms with Crippen molar-refractivity contribution >= 4 is 11.3 Å². The molecule has 4 heteroatoms. The zero-order valence-corrected chi connectivity index (χ0v) is 11.5. The average molecular weight is 284 g/mol. The molecule has 20 heavy (non-hydrogen) atoms. The second-order valence-electron chi connectivity index (χ2n) is 4.37. The van der Waals surface area contributed by atoms with Crippen LogP contribution in [-0.2, 0) is 6.54 Å². The standard InChI is InChI=1S/C16H13FN2S/c17-13-8-4-7-12(9-13)15-16(20-14(10-18)19-15)11-5-2-1-3-6-11/h1-9H,10,18H2. The first-order valence-corrected chi connectivity index (χ1v) is 7.10. The lowest BCUT2D eigenvalue weighted by atomic mass is 10.1. The fourth-order valence-corrected chi connectivity index (χ4v) is 3.04. The maximum absolute atomic E-state index is 13.4. The van der Waals surface area contributed by atoms with Crippen LogP contribution < -0.4 is 5.73 Å². The summed E-state index contributed by atoms with van der Waals surface area (Å²) in [6.45, 7) is 0.389. The summed E-state index contributed by atoms with van der Waals surface area (Å²) in [7, 11) is 0. The topological polar surface area (TPSA) is 38.9 Å². The first kappa shape index (κ1) is 13.0. The van der Waals surface area contributed by atoms with Gasteiger partial charge in [-0.2, -0.15) is 0 Å². The van der Waals surface area contributed by atoms with Gasteiger partial charge in [0.1, 0.15) is 10.8 Å². The van der Waals surface area contributed by atoms with Crippen LogP contribution in [0.15, 0.2) is 54.6 Å². The van der Waals surface area contributed by atoms with Crippen LogP contribution in [0.3, 0.4) is 0 Å². The first-order valence-electron chi connectivity index (χ1n) is 6.29. The predicted molar refractivity (Wildman–Crippen MR) is 80.8 cm³/mol. The Labute approximate surface area is 120 Å². The fourth-order valence-electron chi connectivity index (χ4n) is 2.07. The van der Waals surface area contributed by atoms with Gasteiger partial charge in [0, 0.05) is 12.1 Å². The second kappa shape index (κ2) is 5.53. The number of halogens is 1. The molecular weight excluding hydrogens is 271 g/mol. The molecule has 2 nitrogen and oxygen atoms in total. The molecule has 0 aliphatic rings. The molecule has 0 radical (unpaired) electrons. The molecule has 0 amide bonds. The zero-order valence-electron chi connectivity index (χ0n) is 10.7. The zero-order chi connectivity index (χ0) is 13.9. The molecule has 0 fully saturated rings. The van der Waals surface area contributed by atoms with E-state index in [2.05, 4.69) is 4.98 Å². The number of hydrogen-bond donors (Lipinski definition) is 1. The minimum atomic E-state index is -0.260. The van der Waals surface area contributed by atoms with Gasteiger partial charge < -0.3 is 5.73 Å². The molecule has 3 aromatic rings. The summed E-state index contributed by atoms with van der Waals surface area (Å²) in [6.07, 6.45) is 0. The van der Waals surface area contributed by atoms with Crippen LogP contribution in [0.4, 0.5) is 4.39 Å². The first-order chi connectivity index (χ1) is 9.78. The van der Waals surface area contributed by atoms with Gasteiger partial charge in [-0.05, 0) is 17.7 Å². The number of nitrogens with zero attached hydrogens (tertiary/aromatic N) is 1. The maximum Gasteiger partial charge on any atom is 0.123 e. The number of benzene rings is 2. The van der Waals surface area contributed by atoms with E-state index in [1.54, 1.807) is 17.4 Å². The van der Waals surface area contributed by atoms with Crippen molar-refractivity contribution < 1.29 is 4.39 Å². The number of hydrogen-bond acceptors (Lipinski definition) is 3.